The van der Waals surface area contributed by atoms with Crippen molar-refractivity contribution < 1.29 is 18.3 Å². The number of nitrogen functional groups attached to an aromatic ring is 1. The number of aromatic amines is 1. The van der Waals surface area contributed by atoms with Gasteiger partial charge in [0.15, 0.2) is 0 Å². The van der Waals surface area contributed by atoms with Gasteiger partial charge in [0.1, 0.15) is 5.82 Å². The molecule has 7 heteroatoms. The number of carbonyl (C=O) groups is 1. The van der Waals surface area contributed by atoms with Gasteiger partial charge >= 0.3 is 5.97 Å². The summed E-state index contributed by atoms with van der Waals surface area (Å²) in [5.74, 6) is -1.08. The Morgan fingerprint density at radius 1 is 1.62 bits per heavy atom. The van der Waals surface area contributed by atoms with Gasteiger partial charge in [-0.05, 0) is 6.07 Å². The average Bonchev–Trinajstić information content (AvgIpc) is 2.21. The van der Waals surface area contributed by atoms with Gasteiger partial charge in [-0.15, -0.1) is 0 Å². The fraction of sp³-hybridized carbons (Fsp3) is 0.333. The number of alkyl halides is 2. The van der Waals surface area contributed by atoms with E-state index in [2.05, 4.69) is 9.72 Å². The molecule has 0 atom stereocenters. The fourth-order valence-electron chi connectivity index (χ4n) is 1.15. The number of nitrogens with one attached hydrogen (secondary N) is 1. The van der Waals surface area contributed by atoms with Gasteiger partial charge in [-0.1, -0.05) is 0 Å². The molecule has 5 nitrogen and oxygen atoms in total. The topological polar surface area (TPSA) is 85.2 Å². The maximum Gasteiger partial charge on any atom is 0.310 e. The van der Waals surface area contributed by atoms with E-state index in [0.29, 0.717) is 0 Å². The Labute approximate surface area is 89.2 Å². The highest BCUT2D eigenvalue weighted by atomic mass is 19.3. The number of carbonyl (C=O) groups excluding carboxylic acids is 1. The van der Waals surface area contributed by atoms with Crippen molar-refractivity contribution in [2.45, 2.75) is 12.8 Å². The second-order valence-corrected chi connectivity index (χ2v) is 3.05. The fourth-order valence-corrected chi connectivity index (χ4v) is 1.15. The Bertz CT molecular complexity index is 457. The van der Waals surface area contributed by atoms with Crippen LogP contribution in [0.4, 0.5) is 14.6 Å². The molecule has 3 N–H and O–H groups in total. The summed E-state index contributed by atoms with van der Waals surface area (Å²) >= 11 is 0. The van der Waals surface area contributed by atoms with Gasteiger partial charge in [-0.25, -0.2) is 8.78 Å². The minimum absolute atomic E-state index is 0.101. The quantitative estimate of drug-likeness (QED) is 0.747. The summed E-state index contributed by atoms with van der Waals surface area (Å²) in [5.41, 5.74) is 3.93. The summed E-state index contributed by atoms with van der Waals surface area (Å²) in [6.07, 6.45) is -3.18. The Morgan fingerprint density at radius 2 is 2.25 bits per heavy atom. The van der Waals surface area contributed by atoms with Crippen LogP contribution in [-0.2, 0) is 16.0 Å². The van der Waals surface area contributed by atoms with Crippen LogP contribution in [0.15, 0.2) is 10.9 Å². The van der Waals surface area contributed by atoms with Gasteiger partial charge in [-0.3, -0.25) is 9.59 Å². The standard InChI is InChI=1S/C9H10F2N2O3/c1-16-6(14)3-4-2-5(7(10)11)8(12)13-9(4)15/h2,7H,3H2,1H3,(H3,12,13,15). The van der Waals surface area contributed by atoms with Crippen LogP contribution in [0.5, 0.6) is 0 Å². The van der Waals surface area contributed by atoms with Crippen LogP contribution in [0, 0.1) is 0 Å². The summed E-state index contributed by atoms with van der Waals surface area (Å²) in [4.78, 5) is 24.2. The molecule has 0 spiro atoms. The molecule has 0 aliphatic heterocycles. The van der Waals surface area contributed by atoms with E-state index in [1.165, 1.54) is 0 Å². The van der Waals surface area contributed by atoms with Gasteiger partial charge < -0.3 is 15.5 Å². The summed E-state index contributed by atoms with van der Waals surface area (Å²) in [7, 11) is 1.14. The maximum absolute atomic E-state index is 12.4. The van der Waals surface area contributed by atoms with E-state index in [-0.39, 0.29) is 12.0 Å². The van der Waals surface area contributed by atoms with Gasteiger partial charge in [0.2, 0.25) is 0 Å². The van der Waals surface area contributed by atoms with Crippen LogP contribution >= 0.6 is 0 Å². The lowest BCUT2D eigenvalue weighted by Crippen LogP contribution is -2.19. The van der Waals surface area contributed by atoms with E-state index in [9.17, 15) is 18.4 Å². The van der Waals surface area contributed by atoms with Crippen LogP contribution in [0.1, 0.15) is 17.6 Å². The van der Waals surface area contributed by atoms with Crippen molar-refractivity contribution in [2.24, 2.45) is 0 Å². The molecule has 0 fully saturated rings. The molecule has 1 heterocycles. The lowest BCUT2D eigenvalue weighted by molar-refractivity contribution is -0.139. The first-order chi connectivity index (χ1) is 7.45. The lowest BCUT2D eigenvalue weighted by atomic mass is 10.1. The van der Waals surface area contributed by atoms with Crippen LogP contribution in [0.2, 0.25) is 0 Å². The normalized spacial score (nSPS) is 10.5. The van der Waals surface area contributed by atoms with Gasteiger partial charge in [0, 0.05) is 5.56 Å². The highest BCUT2D eigenvalue weighted by molar-refractivity contribution is 5.72. The number of esters is 1. The predicted octanol–water partition coefficient (Wildman–Crippen LogP) is 0.610. The first-order valence-corrected chi connectivity index (χ1v) is 4.32. The summed E-state index contributed by atoms with van der Waals surface area (Å²) in [5, 5.41) is 0. The first kappa shape index (κ1) is 12.2. The Hall–Kier alpha value is -1.92. The van der Waals surface area contributed by atoms with Crippen molar-refractivity contribution in [1.82, 2.24) is 4.98 Å². The molecule has 88 valence electrons. The van der Waals surface area contributed by atoms with Gasteiger partial charge in [-0.2, -0.15) is 0 Å². The van der Waals surface area contributed by atoms with E-state index in [0.717, 1.165) is 13.2 Å². The third-order valence-electron chi connectivity index (χ3n) is 1.98. The number of hydrogen-bond acceptors (Lipinski definition) is 4. The zero-order valence-electron chi connectivity index (χ0n) is 8.42. The highest BCUT2D eigenvalue weighted by Crippen LogP contribution is 2.22. The monoisotopic (exact) mass is 232 g/mol. The van der Waals surface area contributed by atoms with Crippen molar-refractivity contribution in [3.8, 4) is 0 Å². The SMILES string of the molecule is COC(=O)Cc1cc(C(F)F)c(N)[nH]c1=O. The molecular weight excluding hydrogens is 222 g/mol. The van der Waals surface area contributed by atoms with Gasteiger partial charge in [0.05, 0.1) is 19.1 Å². The lowest BCUT2D eigenvalue weighted by Gasteiger charge is -2.06. The van der Waals surface area contributed by atoms with E-state index >= 15 is 0 Å². The smallest absolute Gasteiger partial charge is 0.310 e. The number of aromatic nitrogens is 1. The third kappa shape index (κ3) is 2.56. The minimum atomic E-state index is -2.81. The molecule has 0 bridgehead atoms. The summed E-state index contributed by atoms with van der Waals surface area (Å²) in [6.45, 7) is 0. The summed E-state index contributed by atoms with van der Waals surface area (Å²) < 4.78 is 29.2. The predicted molar refractivity (Wildman–Crippen MR) is 52.2 cm³/mol. The number of anilines is 1. The number of hydrogen-bond donors (Lipinski definition) is 2. The Kier molecular flexibility index (Phi) is 3.60. The molecule has 16 heavy (non-hydrogen) atoms. The van der Waals surface area contributed by atoms with Crippen molar-refractivity contribution in [1.29, 1.82) is 0 Å². The van der Waals surface area contributed by atoms with E-state index in [1.54, 1.807) is 0 Å². The van der Waals surface area contributed by atoms with Gasteiger partial charge in [0.25, 0.3) is 12.0 Å². The number of methoxy groups -OCH3 is 1. The number of pyridine rings is 1. The zero-order chi connectivity index (χ0) is 12.3. The molecule has 0 aliphatic rings. The number of halogens is 2. The zero-order valence-corrected chi connectivity index (χ0v) is 8.42. The Balaban J connectivity index is 3.15. The molecule has 0 aliphatic carbocycles. The highest BCUT2D eigenvalue weighted by Gasteiger charge is 2.16. The first-order valence-electron chi connectivity index (χ1n) is 4.32. The van der Waals surface area contributed by atoms with E-state index < -0.39 is 29.3 Å². The maximum atomic E-state index is 12.4. The molecule has 1 aromatic heterocycles. The van der Waals surface area contributed by atoms with Crippen molar-refractivity contribution in [3.05, 3.63) is 27.5 Å². The molecule has 1 rings (SSSR count). The molecule has 0 unspecified atom stereocenters. The number of nitrogens with two attached hydrogens (primary N) is 1. The molecule has 0 saturated heterocycles. The number of rotatable bonds is 3. The second-order valence-electron chi connectivity index (χ2n) is 3.05. The average molecular weight is 232 g/mol. The van der Waals surface area contributed by atoms with Crippen LogP contribution in [0.3, 0.4) is 0 Å². The van der Waals surface area contributed by atoms with Crippen LogP contribution < -0.4 is 11.3 Å². The van der Waals surface area contributed by atoms with Crippen molar-refractivity contribution >= 4 is 11.8 Å². The number of ether oxygens (including phenoxy) is 1. The molecule has 0 radical (unpaired) electrons. The third-order valence-corrected chi connectivity index (χ3v) is 1.98. The molecular formula is C9H10F2N2O3. The molecule has 0 saturated carbocycles. The molecule has 0 amide bonds. The van der Waals surface area contributed by atoms with Crippen LogP contribution in [-0.4, -0.2) is 18.1 Å². The minimum Gasteiger partial charge on any atom is -0.469 e. The second kappa shape index (κ2) is 4.73. The van der Waals surface area contributed by atoms with Crippen LogP contribution in [0.25, 0.3) is 0 Å². The van der Waals surface area contributed by atoms with E-state index in [4.69, 9.17) is 5.73 Å². The Morgan fingerprint density at radius 3 is 2.75 bits per heavy atom. The summed E-state index contributed by atoms with van der Waals surface area (Å²) in [6, 6.07) is 0.912. The number of H-pyrrole nitrogens is 1. The molecule has 1 aromatic rings. The van der Waals surface area contributed by atoms with E-state index in [1.807, 2.05) is 0 Å². The largest absolute Gasteiger partial charge is 0.469 e. The van der Waals surface area contributed by atoms with Crippen molar-refractivity contribution in [2.75, 3.05) is 12.8 Å². The van der Waals surface area contributed by atoms with Crippen molar-refractivity contribution in [3.63, 3.8) is 0 Å². The molecule has 0 aromatic carbocycles.